The molecule has 0 heterocycles. The van der Waals surface area contributed by atoms with Gasteiger partial charge in [0.1, 0.15) is 0 Å². The Morgan fingerprint density at radius 1 is 0.952 bits per heavy atom. The van der Waals surface area contributed by atoms with Gasteiger partial charge in [0, 0.05) is 11.7 Å². The van der Waals surface area contributed by atoms with Crippen molar-refractivity contribution >= 4 is 11.8 Å². The molecule has 1 nitrogen and oxygen atoms in total. The molecule has 2 aromatic carbocycles. The number of benzene rings is 2. The van der Waals surface area contributed by atoms with Gasteiger partial charge in [-0.25, -0.2) is 0 Å². The lowest BCUT2D eigenvalue weighted by molar-refractivity contribution is -0.137. The first-order valence-electron chi connectivity index (χ1n) is 6.62. The van der Waals surface area contributed by atoms with Crippen molar-refractivity contribution in [3.63, 3.8) is 0 Å². The molecule has 0 saturated carbocycles. The average Bonchev–Trinajstić information content (AvgIpc) is 2.46. The summed E-state index contributed by atoms with van der Waals surface area (Å²) in [6.07, 6.45) is -0.355. The van der Waals surface area contributed by atoms with Gasteiger partial charge in [-0.3, -0.25) is 0 Å². The van der Waals surface area contributed by atoms with E-state index >= 15 is 0 Å². The second-order valence-electron chi connectivity index (χ2n) is 4.78. The Kier molecular flexibility index (Phi) is 4.68. The van der Waals surface area contributed by atoms with Crippen LogP contribution in [0.15, 0.2) is 60.7 Å². The Morgan fingerprint density at radius 2 is 1.57 bits per heavy atom. The Morgan fingerprint density at radius 3 is 2.14 bits per heavy atom. The van der Waals surface area contributed by atoms with Crippen LogP contribution in [0, 0.1) is 0 Å². The molecule has 2 aromatic rings. The highest BCUT2D eigenvalue weighted by Crippen LogP contribution is 2.29. The van der Waals surface area contributed by atoms with Gasteiger partial charge in [-0.2, -0.15) is 13.2 Å². The molecule has 0 spiro atoms. The highest BCUT2D eigenvalue weighted by Gasteiger charge is 2.29. The first-order chi connectivity index (χ1) is 9.95. The smallest absolute Gasteiger partial charge is 0.379 e. The number of hydrogen-bond acceptors (Lipinski definition) is 1. The van der Waals surface area contributed by atoms with E-state index in [4.69, 9.17) is 0 Å². The summed E-state index contributed by atoms with van der Waals surface area (Å²) in [5, 5.41) is 3.14. The minimum Gasteiger partial charge on any atom is -0.379 e. The van der Waals surface area contributed by atoms with Crippen molar-refractivity contribution in [2.24, 2.45) is 0 Å². The third-order valence-electron chi connectivity index (χ3n) is 2.98. The summed E-state index contributed by atoms with van der Waals surface area (Å²) < 4.78 is 37.4. The lowest BCUT2D eigenvalue weighted by Gasteiger charge is -2.12. The van der Waals surface area contributed by atoms with Gasteiger partial charge in [-0.1, -0.05) is 42.5 Å². The fraction of sp³-hybridized carbons (Fsp3) is 0.176. The molecule has 1 atom stereocenters. The van der Waals surface area contributed by atoms with E-state index in [9.17, 15) is 13.2 Å². The maximum Gasteiger partial charge on any atom is 0.416 e. The Balaban J connectivity index is 1.97. The molecule has 0 bridgehead atoms. The van der Waals surface area contributed by atoms with Gasteiger partial charge in [-0.05, 0) is 36.8 Å². The Labute approximate surface area is 122 Å². The molecule has 2 rings (SSSR count). The first-order valence-corrected chi connectivity index (χ1v) is 6.62. The van der Waals surface area contributed by atoms with Gasteiger partial charge in [0.25, 0.3) is 0 Å². The third-order valence-corrected chi connectivity index (χ3v) is 2.98. The third kappa shape index (κ3) is 4.67. The highest BCUT2D eigenvalue weighted by molar-refractivity contribution is 5.52. The summed E-state index contributed by atoms with van der Waals surface area (Å²) >= 11 is 0. The minimum absolute atomic E-state index is 0.0157. The predicted molar refractivity (Wildman–Crippen MR) is 80.0 cm³/mol. The molecule has 0 saturated heterocycles. The summed E-state index contributed by atoms with van der Waals surface area (Å²) in [6, 6.07) is 14.9. The van der Waals surface area contributed by atoms with Crippen molar-refractivity contribution in [2.45, 2.75) is 19.1 Å². The second kappa shape index (κ2) is 6.48. The van der Waals surface area contributed by atoms with E-state index in [2.05, 4.69) is 5.32 Å². The zero-order valence-electron chi connectivity index (χ0n) is 11.6. The van der Waals surface area contributed by atoms with E-state index < -0.39 is 11.7 Å². The quantitative estimate of drug-likeness (QED) is 0.814. The molecule has 21 heavy (non-hydrogen) atoms. The standard InChI is InChI=1S/C17H16F3N/c1-13(7-8-14-5-3-2-4-6-14)21-16-11-9-15(10-12-16)17(18,19)20/h2-13,21H,1H3/b8-7+. The van der Waals surface area contributed by atoms with Crippen molar-refractivity contribution in [2.75, 3.05) is 5.32 Å². The van der Waals surface area contributed by atoms with Crippen LogP contribution in [0.25, 0.3) is 6.08 Å². The highest BCUT2D eigenvalue weighted by atomic mass is 19.4. The lowest BCUT2D eigenvalue weighted by Crippen LogP contribution is -2.12. The second-order valence-corrected chi connectivity index (χ2v) is 4.78. The Hall–Kier alpha value is -2.23. The van der Waals surface area contributed by atoms with Crippen LogP contribution in [0.3, 0.4) is 0 Å². The molecular weight excluding hydrogens is 275 g/mol. The van der Waals surface area contributed by atoms with E-state index in [1.807, 2.05) is 49.4 Å². The molecule has 0 radical (unpaired) electrons. The predicted octanol–water partition coefficient (Wildman–Crippen LogP) is 5.22. The van der Waals surface area contributed by atoms with Crippen LogP contribution in [0.5, 0.6) is 0 Å². The summed E-state index contributed by atoms with van der Waals surface area (Å²) in [5.74, 6) is 0. The number of anilines is 1. The van der Waals surface area contributed by atoms with Crippen molar-refractivity contribution in [1.82, 2.24) is 0 Å². The van der Waals surface area contributed by atoms with Crippen LogP contribution in [-0.4, -0.2) is 6.04 Å². The van der Waals surface area contributed by atoms with E-state index in [0.29, 0.717) is 5.69 Å². The maximum absolute atomic E-state index is 12.5. The number of halogens is 3. The van der Waals surface area contributed by atoms with Crippen LogP contribution in [0.4, 0.5) is 18.9 Å². The fourth-order valence-electron chi connectivity index (χ4n) is 1.89. The maximum atomic E-state index is 12.5. The molecule has 0 aliphatic heterocycles. The molecule has 0 amide bonds. The van der Waals surface area contributed by atoms with Gasteiger partial charge in [-0.15, -0.1) is 0 Å². The molecule has 1 N–H and O–H groups in total. The largest absolute Gasteiger partial charge is 0.416 e. The number of nitrogens with one attached hydrogen (secondary N) is 1. The summed E-state index contributed by atoms with van der Waals surface area (Å²) in [7, 11) is 0. The molecule has 1 unspecified atom stereocenters. The van der Waals surface area contributed by atoms with Gasteiger partial charge in [0.15, 0.2) is 0 Å². The van der Waals surface area contributed by atoms with E-state index in [1.54, 1.807) is 0 Å². The van der Waals surface area contributed by atoms with Gasteiger partial charge >= 0.3 is 6.18 Å². The molecule has 0 aromatic heterocycles. The molecule has 0 aliphatic carbocycles. The molecule has 4 heteroatoms. The summed E-state index contributed by atoms with van der Waals surface area (Å²) in [6.45, 7) is 1.94. The number of hydrogen-bond donors (Lipinski definition) is 1. The normalized spacial score (nSPS) is 13.3. The van der Waals surface area contributed by atoms with Crippen LogP contribution >= 0.6 is 0 Å². The van der Waals surface area contributed by atoms with Crippen molar-refractivity contribution in [3.05, 3.63) is 71.8 Å². The molecule has 110 valence electrons. The van der Waals surface area contributed by atoms with Crippen LogP contribution in [-0.2, 0) is 6.18 Å². The van der Waals surface area contributed by atoms with Gasteiger partial charge < -0.3 is 5.32 Å². The molecule has 0 aliphatic rings. The van der Waals surface area contributed by atoms with Crippen LogP contribution in [0.1, 0.15) is 18.1 Å². The summed E-state index contributed by atoms with van der Waals surface area (Å²) in [5.41, 5.74) is 1.10. The van der Waals surface area contributed by atoms with Gasteiger partial charge in [0.05, 0.1) is 5.56 Å². The average molecular weight is 291 g/mol. The van der Waals surface area contributed by atoms with Gasteiger partial charge in [0.2, 0.25) is 0 Å². The lowest BCUT2D eigenvalue weighted by atomic mass is 10.1. The zero-order chi connectivity index (χ0) is 15.3. The SMILES string of the molecule is CC(/C=C/c1ccccc1)Nc1ccc(C(F)(F)F)cc1. The van der Waals surface area contributed by atoms with Crippen molar-refractivity contribution < 1.29 is 13.2 Å². The zero-order valence-corrected chi connectivity index (χ0v) is 11.6. The topological polar surface area (TPSA) is 12.0 Å². The van der Waals surface area contributed by atoms with E-state index in [1.165, 1.54) is 12.1 Å². The van der Waals surface area contributed by atoms with Crippen molar-refractivity contribution in [3.8, 4) is 0 Å². The number of alkyl halides is 3. The monoisotopic (exact) mass is 291 g/mol. The first kappa shape index (κ1) is 15.2. The Bertz CT molecular complexity index is 586. The minimum atomic E-state index is -4.29. The molecule has 0 fully saturated rings. The number of rotatable bonds is 4. The fourth-order valence-corrected chi connectivity index (χ4v) is 1.89. The van der Waals surface area contributed by atoms with E-state index in [-0.39, 0.29) is 6.04 Å². The molecular formula is C17H16F3N. The van der Waals surface area contributed by atoms with E-state index in [0.717, 1.165) is 17.7 Å². The van der Waals surface area contributed by atoms with Crippen molar-refractivity contribution in [1.29, 1.82) is 0 Å². The van der Waals surface area contributed by atoms with Crippen LogP contribution in [0.2, 0.25) is 0 Å². The summed E-state index contributed by atoms with van der Waals surface area (Å²) in [4.78, 5) is 0. The van der Waals surface area contributed by atoms with Crippen LogP contribution < -0.4 is 5.32 Å².